The number of amides is 2. The van der Waals surface area contributed by atoms with E-state index in [-0.39, 0.29) is 39.6 Å². The minimum absolute atomic E-state index is 0.207. The molecule has 0 saturated heterocycles. The Balaban J connectivity index is 1.67. The molecule has 0 saturated carbocycles. The van der Waals surface area contributed by atoms with Gasteiger partial charge in [0.25, 0.3) is 5.91 Å². The van der Waals surface area contributed by atoms with Crippen LogP contribution < -0.4 is 36.0 Å². The quantitative estimate of drug-likeness (QED) is 0.264. The van der Waals surface area contributed by atoms with Gasteiger partial charge in [-0.3, -0.25) is 14.4 Å². The normalized spacial score (nSPS) is 11.5. The second kappa shape index (κ2) is 11.6. The Labute approximate surface area is 232 Å². The Hall–Kier alpha value is -4.35. The van der Waals surface area contributed by atoms with Gasteiger partial charge in [0.1, 0.15) is 16.7 Å². The second-order valence-electron chi connectivity index (χ2n) is 8.50. The molecule has 0 aliphatic rings. The number of carbonyl (C=O) groups is 2. The first-order valence-corrected chi connectivity index (χ1v) is 12.5. The zero-order chi connectivity index (χ0) is 28.3. The van der Waals surface area contributed by atoms with Crippen LogP contribution in [0.2, 0.25) is 0 Å². The van der Waals surface area contributed by atoms with Gasteiger partial charge in [-0.15, -0.1) is 0 Å². The fourth-order valence-electron chi connectivity index (χ4n) is 3.91. The van der Waals surface area contributed by atoms with Crippen molar-refractivity contribution in [1.29, 1.82) is 0 Å². The second-order valence-corrected chi connectivity index (χ2v) is 9.36. The minimum Gasteiger partial charge on any atom is -0.493 e. The third-order valence-corrected chi connectivity index (χ3v) is 6.51. The summed E-state index contributed by atoms with van der Waals surface area (Å²) in [4.78, 5) is 38.2. The van der Waals surface area contributed by atoms with Crippen LogP contribution in [0.25, 0.3) is 22.3 Å². The molecule has 0 aliphatic heterocycles. The van der Waals surface area contributed by atoms with Crippen molar-refractivity contribution in [1.82, 2.24) is 0 Å². The average molecular weight is 596 g/mol. The molecule has 11 heteroatoms. The van der Waals surface area contributed by atoms with E-state index in [1.807, 2.05) is 0 Å². The van der Waals surface area contributed by atoms with E-state index in [0.717, 1.165) is 0 Å². The Kier molecular flexibility index (Phi) is 8.22. The van der Waals surface area contributed by atoms with Gasteiger partial charge in [-0.1, -0.05) is 12.1 Å². The van der Waals surface area contributed by atoms with Crippen LogP contribution >= 0.6 is 15.9 Å². The molecule has 1 heterocycles. The maximum absolute atomic E-state index is 13.1. The molecule has 202 valence electrons. The van der Waals surface area contributed by atoms with E-state index in [1.165, 1.54) is 27.4 Å². The standard InChI is InChI=1S/C28H26BrN3O7/c1-14(30)27(34)31-17-8-9-19(29)18(11-17)28(35)32-16-7-5-6-15(10-16)21-12-20(33)24-22(39-21)13-23(36-2)25(37-3)26(24)38-4/h5-14H,30H2,1-4H3,(H,31,34)(H,32,35)/t14-/m0/s1. The van der Waals surface area contributed by atoms with Crippen molar-refractivity contribution in [2.75, 3.05) is 32.0 Å². The van der Waals surface area contributed by atoms with E-state index < -0.39 is 11.9 Å². The maximum Gasteiger partial charge on any atom is 0.256 e. The number of ether oxygens (including phenoxy) is 3. The molecule has 0 bridgehead atoms. The van der Waals surface area contributed by atoms with E-state index in [2.05, 4.69) is 26.6 Å². The van der Waals surface area contributed by atoms with E-state index in [0.29, 0.717) is 32.7 Å². The molecule has 10 nitrogen and oxygen atoms in total. The van der Waals surface area contributed by atoms with Gasteiger partial charge >= 0.3 is 0 Å². The summed E-state index contributed by atoms with van der Waals surface area (Å²) in [5.41, 5.74) is 7.26. The molecule has 4 aromatic rings. The maximum atomic E-state index is 13.1. The van der Waals surface area contributed by atoms with Crippen molar-refractivity contribution in [2.24, 2.45) is 5.73 Å². The van der Waals surface area contributed by atoms with Crippen LogP contribution in [-0.4, -0.2) is 39.2 Å². The molecule has 0 unspecified atom stereocenters. The van der Waals surface area contributed by atoms with Gasteiger partial charge in [0.2, 0.25) is 11.7 Å². The number of fused-ring (bicyclic) bond motifs is 1. The number of halogens is 1. The Morgan fingerprint density at radius 1 is 0.923 bits per heavy atom. The van der Waals surface area contributed by atoms with Crippen molar-refractivity contribution >= 4 is 50.1 Å². The van der Waals surface area contributed by atoms with E-state index in [1.54, 1.807) is 55.5 Å². The highest BCUT2D eigenvalue weighted by Crippen LogP contribution is 2.42. The lowest BCUT2D eigenvalue weighted by Crippen LogP contribution is -2.32. The van der Waals surface area contributed by atoms with Crippen LogP contribution in [0.15, 0.2) is 68.3 Å². The van der Waals surface area contributed by atoms with Crippen molar-refractivity contribution < 1.29 is 28.2 Å². The monoisotopic (exact) mass is 595 g/mol. The fraction of sp³-hybridized carbons (Fsp3) is 0.179. The zero-order valence-electron chi connectivity index (χ0n) is 21.6. The predicted molar refractivity (Wildman–Crippen MR) is 152 cm³/mol. The van der Waals surface area contributed by atoms with Crippen molar-refractivity contribution in [3.63, 3.8) is 0 Å². The summed E-state index contributed by atoms with van der Waals surface area (Å²) in [6, 6.07) is 13.9. The van der Waals surface area contributed by atoms with Crippen LogP contribution in [0.4, 0.5) is 11.4 Å². The molecule has 4 rings (SSSR count). The molecule has 4 N–H and O–H groups in total. The SMILES string of the molecule is COc1cc2oc(-c3cccc(NC(=O)c4cc(NC(=O)[C@H](C)N)ccc4Br)c3)cc(=O)c2c(OC)c1OC. The van der Waals surface area contributed by atoms with Crippen molar-refractivity contribution in [3.8, 4) is 28.6 Å². The smallest absolute Gasteiger partial charge is 0.256 e. The number of rotatable bonds is 8. The molecule has 39 heavy (non-hydrogen) atoms. The Morgan fingerprint density at radius 3 is 2.31 bits per heavy atom. The molecule has 0 radical (unpaired) electrons. The third kappa shape index (κ3) is 5.74. The summed E-state index contributed by atoms with van der Waals surface area (Å²) in [7, 11) is 4.35. The number of anilines is 2. The molecule has 0 fully saturated rings. The third-order valence-electron chi connectivity index (χ3n) is 5.82. The lowest BCUT2D eigenvalue weighted by atomic mass is 10.1. The molecule has 3 aromatic carbocycles. The van der Waals surface area contributed by atoms with Crippen molar-refractivity contribution in [2.45, 2.75) is 13.0 Å². The van der Waals surface area contributed by atoms with Crippen LogP contribution in [0, 0.1) is 0 Å². The van der Waals surface area contributed by atoms with Gasteiger partial charge in [0.15, 0.2) is 16.9 Å². The number of hydrogen-bond donors (Lipinski definition) is 3. The van der Waals surface area contributed by atoms with Crippen LogP contribution in [0.3, 0.4) is 0 Å². The molecule has 2 amide bonds. The zero-order valence-corrected chi connectivity index (χ0v) is 23.2. The van der Waals surface area contributed by atoms with E-state index in [4.69, 9.17) is 24.4 Å². The highest BCUT2D eigenvalue weighted by atomic mass is 79.9. The van der Waals surface area contributed by atoms with E-state index in [9.17, 15) is 14.4 Å². The number of hydrogen-bond acceptors (Lipinski definition) is 8. The van der Waals surface area contributed by atoms with Gasteiger partial charge in [-0.25, -0.2) is 0 Å². The van der Waals surface area contributed by atoms with Gasteiger partial charge in [-0.2, -0.15) is 0 Å². The number of benzene rings is 3. The van der Waals surface area contributed by atoms with Crippen molar-refractivity contribution in [3.05, 3.63) is 74.9 Å². The fourth-order valence-corrected chi connectivity index (χ4v) is 4.34. The number of carbonyl (C=O) groups excluding carboxylic acids is 2. The molecule has 1 aromatic heterocycles. The summed E-state index contributed by atoms with van der Waals surface area (Å²) >= 11 is 3.38. The minimum atomic E-state index is -0.701. The highest BCUT2D eigenvalue weighted by molar-refractivity contribution is 9.10. The first-order chi connectivity index (χ1) is 18.7. The molecular formula is C28H26BrN3O7. The van der Waals surface area contributed by atoms with Crippen LogP contribution in [0.5, 0.6) is 17.2 Å². The molecule has 0 aliphatic carbocycles. The first kappa shape index (κ1) is 27.7. The van der Waals surface area contributed by atoms with E-state index >= 15 is 0 Å². The largest absolute Gasteiger partial charge is 0.493 e. The number of methoxy groups -OCH3 is 3. The van der Waals surface area contributed by atoms with Gasteiger partial charge in [0.05, 0.1) is 32.9 Å². The van der Waals surface area contributed by atoms with Crippen LogP contribution in [0.1, 0.15) is 17.3 Å². The number of nitrogens with one attached hydrogen (secondary N) is 2. The number of nitrogens with two attached hydrogens (primary N) is 1. The lowest BCUT2D eigenvalue weighted by Gasteiger charge is -2.14. The Bertz CT molecular complexity index is 1630. The van der Waals surface area contributed by atoms with Crippen LogP contribution in [-0.2, 0) is 4.79 Å². The van der Waals surface area contributed by atoms with Gasteiger partial charge in [-0.05, 0) is 53.2 Å². The highest BCUT2D eigenvalue weighted by Gasteiger charge is 2.21. The van der Waals surface area contributed by atoms with Gasteiger partial charge in [0, 0.05) is 33.5 Å². The summed E-state index contributed by atoms with van der Waals surface area (Å²) < 4.78 is 22.8. The topological polar surface area (TPSA) is 142 Å². The summed E-state index contributed by atoms with van der Waals surface area (Å²) in [6.07, 6.45) is 0. The summed E-state index contributed by atoms with van der Waals surface area (Å²) in [6.45, 7) is 1.57. The predicted octanol–water partition coefficient (Wildman–Crippen LogP) is 4.79. The first-order valence-electron chi connectivity index (χ1n) is 11.7. The van der Waals surface area contributed by atoms with Gasteiger partial charge < -0.3 is 35.0 Å². The Morgan fingerprint density at radius 2 is 1.64 bits per heavy atom. The summed E-state index contributed by atoms with van der Waals surface area (Å²) in [5.74, 6) is 0.315. The molecule has 1 atom stereocenters. The molecule has 0 spiro atoms. The molecular weight excluding hydrogens is 570 g/mol. The average Bonchev–Trinajstić information content (AvgIpc) is 2.92. The summed E-state index contributed by atoms with van der Waals surface area (Å²) in [5, 5.41) is 5.71. The lowest BCUT2D eigenvalue weighted by molar-refractivity contribution is -0.117.